The van der Waals surface area contributed by atoms with E-state index < -0.39 is 0 Å². The smallest absolute Gasteiger partial charge is 0.267 e. The molecule has 7 nitrogen and oxygen atoms in total. The van der Waals surface area contributed by atoms with Gasteiger partial charge in [0.25, 0.3) is 5.56 Å². The molecule has 0 spiro atoms. The van der Waals surface area contributed by atoms with Crippen LogP contribution in [0.3, 0.4) is 0 Å². The summed E-state index contributed by atoms with van der Waals surface area (Å²) in [5.41, 5.74) is 4.36. The third-order valence-electron chi connectivity index (χ3n) is 6.64. The molecule has 1 aliphatic heterocycles. The lowest BCUT2D eigenvalue weighted by molar-refractivity contribution is -0.116. The Labute approximate surface area is 201 Å². The van der Waals surface area contributed by atoms with E-state index in [0.29, 0.717) is 12.5 Å². The maximum atomic E-state index is 12.5. The number of benzene rings is 1. The fraction of sp³-hybridized carbons (Fsp3) is 0.560. The molecule has 0 radical (unpaired) electrons. The molecule has 1 saturated heterocycles. The van der Waals surface area contributed by atoms with Gasteiger partial charge < -0.3 is 15.0 Å². The topological polar surface area (TPSA) is 87.3 Å². The number of anilines is 1. The average Bonchev–Trinajstić information content (AvgIpc) is 2.82. The number of nitrogens with one attached hydrogen (secondary N) is 2. The molecular weight excluding hydrogens is 440 g/mol. The lowest BCUT2D eigenvalue weighted by Crippen LogP contribution is -2.39. The highest BCUT2D eigenvalue weighted by molar-refractivity contribution is 5.91. The van der Waals surface area contributed by atoms with Crippen LogP contribution in [-0.2, 0) is 22.4 Å². The number of unbranched alkanes of at least 4 members (excludes halogenated alkanes) is 1. The van der Waals surface area contributed by atoms with Crippen LogP contribution >= 0.6 is 12.4 Å². The van der Waals surface area contributed by atoms with E-state index in [1.165, 1.54) is 6.42 Å². The third kappa shape index (κ3) is 6.65. The molecule has 0 bridgehead atoms. The number of methoxy groups -OCH3 is 1. The first-order chi connectivity index (χ1) is 15.6. The normalized spacial score (nSPS) is 18.3. The molecule has 1 atom stereocenters. The maximum Gasteiger partial charge on any atom is 0.267 e. The quantitative estimate of drug-likeness (QED) is 0.565. The molecule has 1 aliphatic carbocycles. The lowest BCUT2D eigenvalue weighted by Gasteiger charge is -2.31. The number of fused-ring (bicyclic) bond motifs is 1. The van der Waals surface area contributed by atoms with Crippen LogP contribution in [0.5, 0.6) is 0 Å². The fourth-order valence-corrected chi connectivity index (χ4v) is 4.89. The zero-order valence-electron chi connectivity index (χ0n) is 19.4. The van der Waals surface area contributed by atoms with Crippen LogP contribution in [0.1, 0.15) is 56.1 Å². The summed E-state index contributed by atoms with van der Waals surface area (Å²) in [7, 11) is 1.79. The Morgan fingerprint density at radius 1 is 1.21 bits per heavy atom. The summed E-state index contributed by atoms with van der Waals surface area (Å²) in [6.07, 6.45) is 8.87. The number of amides is 1. The zero-order valence-corrected chi connectivity index (χ0v) is 20.2. The van der Waals surface area contributed by atoms with Crippen molar-refractivity contribution >= 4 is 24.0 Å². The standard InChI is InChI=1S/C25H34N4O3.ClH/c1-32-20-10-7-15-29(17-20)14-5-4-13-23(30)26-19-9-6-8-18(16-19)24-21-11-2-3-12-22(21)25(31)28-27-24;/h6,8-9,16,20H,2-5,7,10-15,17H2,1H3,(H,26,30)(H,28,31);1H. The minimum absolute atomic E-state index is 0. The first kappa shape index (κ1) is 25.4. The predicted molar refractivity (Wildman–Crippen MR) is 133 cm³/mol. The number of nitrogens with zero attached hydrogens (tertiary/aromatic N) is 2. The van der Waals surface area contributed by atoms with E-state index in [9.17, 15) is 9.59 Å². The molecule has 1 amide bonds. The summed E-state index contributed by atoms with van der Waals surface area (Å²) in [5.74, 6) is 0.0343. The largest absolute Gasteiger partial charge is 0.380 e. The highest BCUT2D eigenvalue weighted by atomic mass is 35.5. The van der Waals surface area contributed by atoms with Gasteiger partial charge in [0.05, 0.1) is 11.8 Å². The van der Waals surface area contributed by atoms with Crippen molar-refractivity contribution in [2.75, 3.05) is 32.1 Å². The Morgan fingerprint density at radius 3 is 2.85 bits per heavy atom. The number of likely N-dealkylation sites (tertiary alicyclic amines) is 1. The van der Waals surface area contributed by atoms with E-state index in [1.807, 2.05) is 24.3 Å². The number of ether oxygens (including phenoxy) is 1. The Bertz CT molecular complexity index is 994. The van der Waals surface area contributed by atoms with Crippen molar-refractivity contribution in [1.82, 2.24) is 15.1 Å². The van der Waals surface area contributed by atoms with E-state index >= 15 is 0 Å². The number of hydrogen-bond acceptors (Lipinski definition) is 5. The number of H-pyrrole nitrogens is 1. The van der Waals surface area contributed by atoms with Crippen molar-refractivity contribution in [1.29, 1.82) is 0 Å². The van der Waals surface area contributed by atoms with Crippen LogP contribution in [0.15, 0.2) is 29.1 Å². The first-order valence-electron chi connectivity index (χ1n) is 11.9. The van der Waals surface area contributed by atoms with Gasteiger partial charge in [-0.15, -0.1) is 12.4 Å². The molecule has 0 saturated carbocycles. The summed E-state index contributed by atoms with van der Waals surface area (Å²) in [4.78, 5) is 27.1. The number of aromatic nitrogens is 2. The molecular formula is C25H35ClN4O3. The van der Waals surface area contributed by atoms with E-state index in [2.05, 4.69) is 20.4 Å². The molecule has 2 aromatic rings. The summed E-state index contributed by atoms with van der Waals surface area (Å²) in [6, 6.07) is 7.76. The SMILES string of the molecule is COC1CCCN(CCCCC(=O)Nc2cccc(-c3n[nH]c(=O)c4c3CCCC4)c2)C1.Cl. The van der Waals surface area contributed by atoms with Gasteiger partial charge in [-0.25, -0.2) is 5.10 Å². The molecule has 2 heterocycles. The zero-order chi connectivity index (χ0) is 22.3. The molecule has 2 aliphatic rings. The number of carbonyl (C=O) groups excluding carboxylic acids is 1. The molecule has 33 heavy (non-hydrogen) atoms. The van der Waals surface area contributed by atoms with Gasteiger partial charge in [0, 0.05) is 36.9 Å². The second-order valence-corrected chi connectivity index (χ2v) is 8.95. The Balaban J connectivity index is 0.00000306. The number of rotatable bonds is 8. The minimum atomic E-state index is -0.0739. The molecule has 1 aromatic heterocycles. The van der Waals surface area contributed by atoms with Crippen LogP contribution in [0, 0.1) is 0 Å². The molecule has 1 unspecified atom stereocenters. The van der Waals surface area contributed by atoms with Crippen molar-refractivity contribution in [3.63, 3.8) is 0 Å². The Kier molecular flexibility index (Phi) is 9.47. The van der Waals surface area contributed by atoms with Crippen molar-refractivity contribution in [2.45, 2.75) is 63.9 Å². The van der Waals surface area contributed by atoms with Crippen LogP contribution < -0.4 is 10.9 Å². The third-order valence-corrected chi connectivity index (χ3v) is 6.64. The van der Waals surface area contributed by atoms with Gasteiger partial charge in [-0.1, -0.05) is 12.1 Å². The van der Waals surface area contributed by atoms with Crippen LogP contribution in [-0.4, -0.2) is 53.9 Å². The van der Waals surface area contributed by atoms with Crippen LogP contribution in [0.2, 0.25) is 0 Å². The summed E-state index contributed by atoms with van der Waals surface area (Å²) in [5, 5.41) is 10.0. The van der Waals surface area contributed by atoms with Crippen LogP contribution in [0.25, 0.3) is 11.3 Å². The summed E-state index contributed by atoms with van der Waals surface area (Å²) >= 11 is 0. The molecule has 8 heteroatoms. The van der Waals surface area contributed by atoms with Crippen molar-refractivity contribution in [2.24, 2.45) is 0 Å². The first-order valence-corrected chi connectivity index (χ1v) is 11.9. The Morgan fingerprint density at radius 2 is 2.03 bits per heavy atom. The number of aromatic amines is 1. The second-order valence-electron chi connectivity index (χ2n) is 8.95. The molecule has 1 aromatic carbocycles. The van der Waals surface area contributed by atoms with E-state index in [1.54, 1.807) is 7.11 Å². The Hall–Kier alpha value is -2.22. The highest BCUT2D eigenvalue weighted by Gasteiger charge is 2.20. The predicted octanol–water partition coefficient (Wildman–Crippen LogP) is 3.96. The molecule has 2 N–H and O–H groups in total. The van der Waals surface area contributed by atoms with E-state index in [-0.39, 0.29) is 23.9 Å². The van der Waals surface area contributed by atoms with Gasteiger partial charge in [0.1, 0.15) is 0 Å². The van der Waals surface area contributed by atoms with E-state index in [4.69, 9.17) is 4.74 Å². The van der Waals surface area contributed by atoms with Gasteiger partial charge in [-0.2, -0.15) is 5.10 Å². The fourth-order valence-electron chi connectivity index (χ4n) is 4.89. The number of halogens is 1. The molecule has 1 fully saturated rings. The number of carbonyl (C=O) groups is 1. The molecule has 4 rings (SSSR count). The average molecular weight is 475 g/mol. The number of piperidine rings is 1. The summed E-state index contributed by atoms with van der Waals surface area (Å²) < 4.78 is 5.48. The highest BCUT2D eigenvalue weighted by Crippen LogP contribution is 2.29. The van der Waals surface area contributed by atoms with Gasteiger partial charge in [-0.05, 0) is 82.2 Å². The van der Waals surface area contributed by atoms with Gasteiger partial charge in [0.2, 0.25) is 5.91 Å². The minimum Gasteiger partial charge on any atom is -0.380 e. The van der Waals surface area contributed by atoms with Gasteiger partial charge in [-0.3, -0.25) is 9.59 Å². The number of hydrogen-bond donors (Lipinski definition) is 2. The van der Waals surface area contributed by atoms with E-state index in [0.717, 1.165) is 92.7 Å². The van der Waals surface area contributed by atoms with Crippen molar-refractivity contribution in [3.05, 3.63) is 45.7 Å². The molecule has 180 valence electrons. The van der Waals surface area contributed by atoms with Gasteiger partial charge >= 0.3 is 0 Å². The lowest BCUT2D eigenvalue weighted by atomic mass is 9.90. The summed E-state index contributed by atoms with van der Waals surface area (Å²) in [6.45, 7) is 3.14. The van der Waals surface area contributed by atoms with Gasteiger partial charge in [0.15, 0.2) is 0 Å². The maximum absolute atomic E-state index is 12.5. The monoisotopic (exact) mass is 474 g/mol. The van der Waals surface area contributed by atoms with Crippen molar-refractivity contribution < 1.29 is 9.53 Å². The van der Waals surface area contributed by atoms with Crippen molar-refractivity contribution in [3.8, 4) is 11.3 Å². The second kappa shape index (κ2) is 12.3. The van der Waals surface area contributed by atoms with Crippen LogP contribution in [0.4, 0.5) is 5.69 Å².